The molecule has 1 heterocycles. The molecular weight excluding hydrogens is 200 g/mol. The molecule has 1 unspecified atom stereocenters. The summed E-state index contributed by atoms with van der Waals surface area (Å²) in [5, 5.41) is 3.11. The average Bonchev–Trinajstić information content (AvgIpc) is 2.81. The molecule has 1 rings (SSSR count). The quantitative estimate of drug-likeness (QED) is 0.528. The number of hydrogen-bond donors (Lipinski definition) is 2. The fraction of sp³-hybridized carbons (Fsp3) is 0.917. The molecule has 1 aliphatic heterocycles. The van der Waals surface area contributed by atoms with Crippen molar-refractivity contribution in [3.05, 3.63) is 0 Å². The van der Waals surface area contributed by atoms with E-state index in [2.05, 4.69) is 29.1 Å². The lowest BCUT2D eigenvalue weighted by atomic mass is 10.2. The van der Waals surface area contributed by atoms with Crippen molar-refractivity contribution in [2.24, 2.45) is 10.7 Å². The van der Waals surface area contributed by atoms with Gasteiger partial charge >= 0.3 is 0 Å². The van der Waals surface area contributed by atoms with Gasteiger partial charge < -0.3 is 11.1 Å². The fourth-order valence-electron chi connectivity index (χ4n) is 2.12. The summed E-state index contributed by atoms with van der Waals surface area (Å²) < 4.78 is 0. The molecule has 1 aliphatic rings. The minimum atomic E-state index is 0.574. The minimum absolute atomic E-state index is 0.574. The third kappa shape index (κ3) is 4.39. The van der Waals surface area contributed by atoms with Crippen LogP contribution >= 0.6 is 0 Å². The van der Waals surface area contributed by atoms with Crippen molar-refractivity contribution in [2.75, 3.05) is 26.2 Å². The third-order valence-corrected chi connectivity index (χ3v) is 3.16. The van der Waals surface area contributed by atoms with Crippen molar-refractivity contribution < 1.29 is 0 Å². The molecule has 0 saturated carbocycles. The van der Waals surface area contributed by atoms with Crippen LogP contribution in [-0.4, -0.2) is 43.1 Å². The predicted molar refractivity (Wildman–Crippen MR) is 69.7 cm³/mol. The van der Waals surface area contributed by atoms with Gasteiger partial charge in [0.1, 0.15) is 0 Å². The fourth-order valence-corrected chi connectivity index (χ4v) is 2.12. The second-order valence-electron chi connectivity index (χ2n) is 4.46. The number of nitrogens with two attached hydrogens (primary N) is 1. The van der Waals surface area contributed by atoms with Crippen LogP contribution in [0.4, 0.5) is 0 Å². The van der Waals surface area contributed by atoms with Crippen LogP contribution < -0.4 is 11.1 Å². The lowest BCUT2D eigenvalue weighted by Crippen LogP contribution is -2.37. The van der Waals surface area contributed by atoms with E-state index in [1.54, 1.807) is 0 Å². The lowest BCUT2D eigenvalue weighted by molar-refractivity contribution is 0.242. The van der Waals surface area contributed by atoms with Gasteiger partial charge in [0.2, 0.25) is 0 Å². The first-order valence-corrected chi connectivity index (χ1v) is 6.55. The Kier molecular flexibility index (Phi) is 6.23. The zero-order chi connectivity index (χ0) is 11.8. The predicted octanol–water partition coefficient (Wildman–Crippen LogP) is 1.18. The molecule has 0 spiro atoms. The Morgan fingerprint density at radius 1 is 1.38 bits per heavy atom. The molecule has 4 heteroatoms. The van der Waals surface area contributed by atoms with E-state index in [9.17, 15) is 0 Å². The molecule has 0 bridgehead atoms. The van der Waals surface area contributed by atoms with E-state index in [0.717, 1.165) is 25.9 Å². The van der Waals surface area contributed by atoms with Gasteiger partial charge in [0, 0.05) is 12.6 Å². The Labute approximate surface area is 99.3 Å². The largest absolute Gasteiger partial charge is 0.370 e. The first kappa shape index (κ1) is 13.3. The summed E-state index contributed by atoms with van der Waals surface area (Å²) in [6.07, 6.45) is 4.91. The summed E-state index contributed by atoms with van der Waals surface area (Å²) in [4.78, 5) is 6.96. The van der Waals surface area contributed by atoms with Crippen LogP contribution in [-0.2, 0) is 0 Å². The Bertz CT molecular complexity index is 209. The Hall–Kier alpha value is -0.770. The topological polar surface area (TPSA) is 53.6 Å². The molecule has 4 nitrogen and oxygen atoms in total. The highest BCUT2D eigenvalue weighted by Gasteiger charge is 2.19. The van der Waals surface area contributed by atoms with Crippen molar-refractivity contribution in [2.45, 2.75) is 45.6 Å². The van der Waals surface area contributed by atoms with Crippen molar-refractivity contribution in [1.82, 2.24) is 10.2 Å². The molecule has 1 atom stereocenters. The SMILES string of the molecule is CCCNC(N)=NCC(CC)N1CCCC1. The number of rotatable bonds is 6. The maximum atomic E-state index is 5.78. The molecular formula is C12H26N4. The number of hydrogen-bond acceptors (Lipinski definition) is 2. The molecule has 0 amide bonds. The molecule has 3 N–H and O–H groups in total. The molecule has 94 valence electrons. The lowest BCUT2D eigenvalue weighted by Gasteiger charge is -2.24. The highest BCUT2D eigenvalue weighted by Crippen LogP contribution is 2.14. The number of aliphatic imine (C=N–C) groups is 1. The first-order chi connectivity index (χ1) is 7.77. The zero-order valence-corrected chi connectivity index (χ0v) is 10.7. The minimum Gasteiger partial charge on any atom is -0.370 e. The van der Waals surface area contributed by atoms with E-state index < -0.39 is 0 Å². The Morgan fingerprint density at radius 3 is 2.62 bits per heavy atom. The van der Waals surface area contributed by atoms with Gasteiger partial charge in [-0.05, 0) is 38.8 Å². The number of nitrogens with one attached hydrogen (secondary N) is 1. The van der Waals surface area contributed by atoms with Crippen LogP contribution in [0.2, 0.25) is 0 Å². The van der Waals surface area contributed by atoms with Gasteiger partial charge in [-0.3, -0.25) is 9.89 Å². The molecule has 0 radical (unpaired) electrons. The highest BCUT2D eigenvalue weighted by atomic mass is 15.2. The van der Waals surface area contributed by atoms with Crippen LogP contribution in [0.15, 0.2) is 4.99 Å². The van der Waals surface area contributed by atoms with Gasteiger partial charge in [0.15, 0.2) is 5.96 Å². The van der Waals surface area contributed by atoms with Gasteiger partial charge in [0.25, 0.3) is 0 Å². The van der Waals surface area contributed by atoms with E-state index in [1.165, 1.54) is 25.9 Å². The Morgan fingerprint density at radius 2 is 2.06 bits per heavy atom. The van der Waals surface area contributed by atoms with E-state index >= 15 is 0 Å². The second-order valence-corrected chi connectivity index (χ2v) is 4.46. The summed E-state index contributed by atoms with van der Waals surface area (Å²) >= 11 is 0. The van der Waals surface area contributed by atoms with Crippen LogP contribution in [0.1, 0.15) is 39.5 Å². The summed E-state index contributed by atoms with van der Waals surface area (Å²) in [5.74, 6) is 0.597. The maximum absolute atomic E-state index is 5.78. The van der Waals surface area contributed by atoms with Gasteiger partial charge in [-0.25, -0.2) is 0 Å². The first-order valence-electron chi connectivity index (χ1n) is 6.55. The normalized spacial score (nSPS) is 20.0. The van der Waals surface area contributed by atoms with Crippen molar-refractivity contribution in [1.29, 1.82) is 0 Å². The number of guanidine groups is 1. The van der Waals surface area contributed by atoms with E-state index in [0.29, 0.717) is 12.0 Å². The van der Waals surface area contributed by atoms with Crippen LogP contribution in [0.5, 0.6) is 0 Å². The molecule has 1 fully saturated rings. The standard InChI is InChI=1S/C12H26N4/c1-3-7-14-12(13)15-10-11(4-2)16-8-5-6-9-16/h11H,3-10H2,1-2H3,(H3,13,14,15). The summed E-state index contributed by atoms with van der Waals surface area (Å²) in [6, 6.07) is 0.574. The summed E-state index contributed by atoms with van der Waals surface area (Å²) in [5.41, 5.74) is 5.78. The second kappa shape index (κ2) is 7.49. The monoisotopic (exact) mass is 226 g/mol. The smallest absolute Gasteiger partial charge is 0.188 e. The van der Waals surface area contributed by atoms with Crippen molar-refractivity contribution in [3.8, 4) is 0 Å². The van der Waals surface area contributed by atoms with Crippen LogP contribution in [0.3, 0.4) is 0 Å². The van der Waals surface area contributed by atoms with Gasteiger partial charge in [-0.2, -0.15) is 0 Å². The third-order valence-electron chi connectivity index (χ3n) is 3.16. The van der Waals surface area contributed by atoms with Crippen molar-refractivity contribution in [3.63, 3.8) is 0 Å². The van der Waals surface area contributed by atoms with Crippen molar-refractivity contribution >= 4 is 5.96 Å². The molecule has 1 saturated heterocycles. The maximum Gasteiger partial charge on any atom is 0.188 e. The molecule has 16 heavy (non-hydrogen) atoms. The number of nitrogens with zero attached hydrogens (tertiary/aromatic N) is 2. The molecule has 0 aromatic rings. The summed E-state index contributed by atoms with van der Waals surface area (Å²) in [6.45, 7) is 8.56. The number of likely N-dealkylation sites (tertiary alicyclic amines) is 1. The molecule has 0 aliphatic carbocycles. The molecule has 0 aromatic carbocycles. The Balaban J connectivity index is 2.31. The van der Waals surface area contributed by atoms with Crippen LogP contribution in [0.25, 0.3) is 0 Å². The van der Waals surface area contributed by atoms with Crippen LogP contribution in [0, 0.1) is 0 Å². The van der Waals surface area contributed by atoms with E-state index in [-0.39, 0.29) is 0 Å². The highest BCUT2D eigenvalue weighted by molar-refractivity contribution is 5.77. The molecule has 0 aromatic heterocycles. The van der Waals surface area contributed by atoms with E-state index in [4.69, 9.17) is 5.73 Å². The van der Waals surface area contributed by atoms with Gasteiger partial charge in [-0.1, -0.05) is 13.8 Å². The average molecular weight is 226 g/mol. The zero-order valence-electron chi connectivity index (χ0n) is 10.7. The summed E-state index contributed by atoms with van der Waals surface area (Å²) in [7, 11) is 0. The van der Waals surface area contributed by atoms with Gasteiger partial charge in [0.05, 0.1) is 6.54 Å². The van der Waals surface area contributed by atoms with Gasteiger partial charge in [-0.15, -0.1) is 0 Å². The van der Waals surface area contributed by atoms with E-state index in [1.807, 2.05) is 0 Å².